The topological polar surface area (TPSA) is 67.9 Å². The van der Waals surface area contributed by atoms with Crippen LogP contribution in [-0.4, -0.2) is 43.0 Å². The van der Waals surface area contributed by atoms with Crippen LogP contribution < -0.4 is 14.8 Å². The van der Waals surface area contributed by atoms with Gasteiger partial charge in [-0.3, -0.25) is 9.59 Å². The standard InChI is InChI=1S/C23H23ClN2O4/c24-19-14-16(15-20-22(19)30-13-12-29-20)6-7-21(27)26-10-8-17(9-11-26)23(28)25-18-4-2-1-3-5-18/h1-7,14-15,17H,8-13H2,(H,25,28)/b7-6+. The largest absolute Gasteiger partial charge is 0.486 e. The van der Waals surface area contributed by atoms with Crippen molar-refractivity contribution in [3.8, 4) is 11.5 Å². The van der Waals surface area contributed by atoms with E-state index in [0.29, 0.717) is 55.7 Å². The Bertz CT molecular complexity index is 953. The molecule has 0 atom stereocenters. The third kappa shape index (κ3) is 4.76. The summed E-state index contributed by atoms with van der Waals surface area (Å²) in [5, 5.41) is 3.40. The molecule has 0 unspecified atom stereocenters. The van der Waals surface area contributed by atoms with Gasteiger partial charge in [0.15, 0.2) is 11.5 Å². The summed E-state index contributed by atoms with van der Waals surface area (Å²) in [6, 6.07) is 13.0. The monoisotopic (exact) mass is 426 g/mol. The lowest BCUT2D eigenvalue weighted by molar-refractivity contribution is -0.130. The van der Waals surface area contributed by atoms with Crippen molar-refractivity contribution in [1.29, 1.82) is 0 Å². The Morgan fingerprint density at radius 2 is 1.80 bits per heavy atom. The molecule has 0 aromatic heterocycles. The molecule has 2 amide bonds. The number of anilines is 1. The molecule has 0 radical (unpaired) electrons. The lowest BCUT2D eigenvalue weighted by Crippen LogP contribution is -2.40. The van der Waals surface area contributed by atoms with Crippen LogP contribution in [-0.2, 0) is 9.59 Å². The van der Waals surface area contributed by atoms with Crippen molar-refractivity contribution in [3.63, 3.8) is 0 Å². The van der Waals surface area contributed by atoms with E-state index in [9.17, 15) is 9.59 Å². The zero-order valence-corrected chi connectivity index (χ0v) is 17.2. The van der Waals surface area contributed by atoms with E-state index in [1.165, 1.54) is 6.08 Å². The van der Waals surface area contributed by atoms with Crippen molar-refractivity contribution in [2.24, 2.45) is 5.92 Å². The summed E-state index contributed by atoms with van der Waals surface area (Å²) in [7, 11) is 0. The Kier molecular flexibility index (Phi) is 6.23. The quantitative estimate of drug-likeness (QED) is 0.750. The second-order valence-electron chi connectivity index (χ2n) is 7.32. The summed E-state index contributed by atoms with van der Waals surface area (Å²) in [4.78, 5) is 26.8. The fraction of sp³-hybridized carbons (Fsp3) is 0.304. The van der Waals surface area contributed by atoms with E-state index in [4.69, 9.17) is 21.1 Å². The van der Waals surface area contributed by atoms with Gasteiger partial charge in [-0.15, -0.1) is 0 Å². The first-order valence-corrected chi connectivity index (χ1v) is 10.4. The first-order chi connectivity index (χ1) is 14.6. The molecule has 2 heterocycles. The van der Waals surface area contributed by atoms with Gasteiger partial charge in [-0.1, -0.05) is 29.8 Å². The molecule has 0 spiro atoms. The lowest BCUT2D eigenvalue weighted by Gasteiger charge is -2.30. The number of ether oxygens (including phenoxy) is 2. The summed E-state index contributed by atoms with van der Waals surface area (Å²) in [5.74, 6) is 0.973. The summed E-state index contributed by atoms with van der Waals surface area (Å²) < 4.78 is 11.1. The molecule has 1 N–H and O–H groups in total. The maximum atomic E-state index is 12.6. The number of hydrogen-bond donors (Lipinski definition) is 1. The van der Waals surface area contributed by atoms with Crippen LogP contribution in [0.1, 0.15) is 18.4 Å². The number of benzene rings is 2. The minimum atomic E-state index is -0.0881. The van der Waals surface area contributed by atoms with Gasteiger partial charge in [0.25, 0.3) is 0 Å². The average molecular weight is 427 g/mol. The SMILES string of the molecule is O=C(Nc1ccccc1)C1CCN(C(=O)/C=C/c2cc(Cl)c3c(c2)OCCO3)CC1. The molecule has 7 heteroatoms. The third-order valence-electron chi connectivity index (χ3n) is 5.26. The number of carbonyl (C=O) groups is 2. The van der Waals surface area contributed by atoms with Crippen LogP contribution in [0.15, 0.2) is 48.5 Å². The molecule has 1 fully saturated rings. The number of likely N-dealkylation sites (tertiary alicyclic amines) is 1. The van der Waals surface area contributed by atoms with Crippen molar-refractivity contribution < 1.29 is 19.1 Å². The van der Waals surface area contributed by atoms with Gasteiger partial charge in [0.1, 0.15) is 13.2 Å². The van der Waals surface area contributed by atoms with Crippen molar-refractivity contribution in [2.45, 2.75) is 12.8 Å². The van der Waals surface area contributed by atoms with Crippen LogP contribution in [0.5, 0.6) is 11.5 Å². The molecule has 2 aliphatic heterocycles. The smallest absolute Gasteiger partial charge is 0.246 e. The molecule has 4 rings (SSSR count). The fourth-order valence-electron chi connectivity index (χ4n) is 3.63. The number of halogens is 1. The predicted octanol–water partition coefficient (Wildman–Crippen LogP) is 4.00. The highest BCUT2D eigenvalue weighted by atomic mass is 35.5. The highest BCUT2D eigenvalue weighted by Gasteiger charge is 2.26. The molecule has 0 bridgehead atoms. The number of para-hydroxylation sites is 1. The molecule has 1 saturated heterocycles. The first kappa shape index (κ1) is 20.3. The molecule has 0 saturated carbocycles. The summed E-state index contributed by atoms with van der Waals surface area (Å²) >= 11 is 6.24. The lowest BCUT2D eigenvalue weighted by atomic mass is 9.95. The van der Waals surface area contributed by atoms with Gasteiger partial charge in [0.2, 0.25) is 11.8 Å². The number of nitrogens with one attached hydrogen (secondary N) is 1. The Morgan fingerprint density at radius 3 is 2.57 bits per heavy atom. The van der Waals surface area contributed by atoms with Crippen LogP contribution in [0, 0.1) is 5.92 Å². The second kappa shape index (κ2) is 9.22. The Labute approximate surface area is 180 Å². The summed E-state index contributed by atoms with van der Waals surface area (Å²) in [6.07, 6.45) is 4.55. The second-order valence-corrected chi connectivity index (χ2v) is 7.72. The number of nitrogens with zero attached hydrogens (tertiary/aromatic N) is 1. The zero-order chi connectivity index (χ0) is 20.9. The number of rotatable bonds is 4. The normalized spacial score (nSPS) is 16.5. The number of hydrogen-bond acceptors (Lipinski definition) is 4. The molecular weight excluding hydrogens is 404 g/mol. The predicted molar refractivity (Wildman–Crippen MR) is 116 cm³/mol. The van der Waals surface area contributed by atoms with Crippen molar-refractivity contribution in [2.75, 3.05) is 31.6 Å². The Balaban J connectivity index is 1.31. The van der Waals surface area contributed by atoms with Crippen LogP contribution in [0.4, 0.5) is 5.69 Å². The van der Waals surface area contributed by atoms with E-state index >= 15 is 0 Å². The zero-order valence-electron chi connectivity index (χ0n) is 16.5. The third-order valence-corrected chi connectivity index (χ3v) is 5.54. The van der Waals surface area contributed by atoms with Crippen molar-refractivity contribution >= 4 is 35.2 Å². The van der Waals surface area contributed by atoms with Crippen molar-refractivity contribution in [3.05, 3.63) is 59.1 Å². The first-order valence-electron chi connectivity index (χ1n) is 10.0. The van der Waals surface area contributed by atoms with Gasteiger partial charge in [0, 0.05) is 30.8 Å². The van der Waals surface area contributed by atoms with E-state index in [2.05, 4.69) is 5.32 Å². The van der Waals surface area contributed by atoms with Crippen molar-refractivity contribution in [1.82, 2.24) is 4.90 Å². The van der Waals surface area contributed by atoms with E-state index in [-0.39, 0.29) is 17.7 Å². The maximum absolute atomic E-state index is 12.6. The highest BCUT2D eigenvalue weighted by Crippen LogP contribution is 2.38. The summed E-state index contributed by atoms with van der Waals surface area (Å²) in [6.45, 7) is 2.05. The maximum Gasteiger partial charge on any atom is 0.246 e. The minimum absolute atomic E-state index is 0.00904. The fourth-order valence-corrected chi connectivity index (χ4v) is 3.90. The molecule has 0 aliphatic carbocycles. The molecule has 30 heavy (non-hydrogen) atoms. The molecule has 156 valence electrons. The number of piperidine rings is 1. The molecule has 2 aromatic carbocycles. The number of amides is 2. The minimum Gasteiger partial charge on any atom is -0.486 e. The van der Waals surface area contributed by atoms with E-state index in [0.717, 1.165) is 11.3 Å². The van der Waals surface area contributed by atoms with Gasteiger partial charge >= 0.3 is 0 Å². The van der Waals surface area contributed by atoms with Gasteiger partial charge in [-0.25, -0.2) is 0 Å². The van der Waals surface area contributed by atoms with E-state index in [1.54, 1.807) is 17.0 Å². The molecule has 2 aromatic rings. The Hall–Kier alpha value is -2.99. The molecular formula is C23H23ClN2O4. The molecule has 6 nitrogen and oxygen atoms in total. The van der Waals surface area contributed by atoms with Gasteiger partial charge in [-0.2, -0.15) is 0 Å². The van der Waals surface area contributed by atoms with Crippen LogP contribution >= 0.6 is 11.6 Å². The highest BCUT2D eigenvalue weighted by molar-refractivity contribution is 6.32. The van der Waals surface area contributed by atoms with E-state index in [1.807, 2.05) is 36.4 Å². The van der Waals surface area contributed by atoms with Gasteiger partial charge in [-0.05, 0) is 48.7 Å². The van der Waals surface area contributed by atoms with Crippen LogP contribution in [0.25, 0.3) is 6.08 Å². The van der Waals surface area contributed by atoms with Gasteiger partial charge in [0.05, 0.1) is 5.02 Å². The molecule has 2 aliphatic rings. The average Bonchev–Trinajstić information content (AvgIpc) is 2.78. The number of fused-ring (bicyclic) bond motifs is 1. The van der Waals surface area contributed by atoms with Crippen LogP contribution in [0.2, 0.25) is 5.02 Å². The Morgan fingerprint density at radius 1 is 1.07 bits per heavy atom. The van der Waals surface area contributed by atoms with E-state index < -0.39 is 0 Å². The summed E-state index contributed by atoms with van der Waals surface area (Å²) in [5.41, 5.74) is 1.57. The van der Waals surface area contributed by atoms with Gasteiger partial charge < -0.3 is 19.7 Å². The van der Waals surface area contributed by atoms with Crippen LogP contribution in [0.3, 0.4) is 0 Å². The number of carbonyl (C=O) groups excluding carboxylic acids is 2.